The lowest BCUT2D eigenvalue weighted by molar-refractivity contribution is 0.314. The molecule has 1 saturated carbocycles. The van der Waals surface area contributed by atoms with Crippen molar-refractivity contribution in [1.29, 1.82) is 5.26 Å². The van der Waals surface area contributed by atoms with Crippen LogP contribution in [0, 0.1) is 11.3 Å². The van der Waals surface area contributed by atoms with E-state index in [1.807, 2.05) is 24.3 Å². The van der Waals surface area contributed by atoms with Crippen LogP contribution in [0.5, 0.6) is 0 Å². The maximum atomic E-state index is 8.78. The van der Waals surface area contributed by atoms with Crippen molar-refractivity contribution in [3.8, 4) is 6.07 Å². The first kappa shape index (κ1) is 12.0. The zero-order valence-electron chi connectivity index (χ0n) is 10.5. The summed E-state index contributed by atoms with van der Waals surface area (Å²) in [5.41, 5.74) is 2.16. The van der Waals surface area contributed by atoms with Crippen LogP contribution in [-0.2, 0) is 0 Å². The molecular weight excluding hydrogens is 208 g/mol. The molecule has 1 aromatic rings. The summed E-state index contributed by atoms with van der Waals surface area (Å²) in [5.74, 6) is 0. The van der Waals surface area contributed by atoms with Crippen LogP contribution < -0.4 is 5.32 Å². The lowest BCUT2D eigenvalue weighted by atomic mass is 9.79. The molecule has 1 aliphatic rings. The molecule has 0 heterocycles. The first-order valence-electron chi connectivity index (χ1n) is 6.56. The maximum Gasteiger partial charge on any atom is 0.0991 e. The summed E-state index contributed by atoms with van der Waals surface area (Å²) in [6.07, 6.45) is 7.74. The lowest BCUT2D eigenvalue weighted by Gasteiger charge is -2.38. The van der Waals surface area contributed by atoms with Gasteiger partial charge >= 0.3 is 0 Å². The highest BCUT2D eigenvalue weighted by Gasteiger charge is 2.29. The van der Waals surface area contributed by atoms with Gasteiger partial charge in [-0.25, -0.2) is 0 Å². The van der Waals surface area contributed by atoms with Crippen LogP contribution >= 0.6 is 0 Å². The summed E-state index contributed by atoms with van der Waals surface area (Å²) >= 11 is 0. The second-order valence-electron chi connectivity index (χ2n) is 5.01. The number of hydrogen-bond acceptors (Lipinski definition) is 2. The van der Waals surface area contributed by atoms with Gasteiger partial charge in [-0.3, -0.25) is 0 Å². The van der Waals surface area contributed by atoms with Crippen molar-refractivity contribution < 1.29 is 0 Å². The third-order valence-electron chi connectivity index (χ3n) is 3.91. The smallest absolute Gasteiger partial charge is 0.0991 e. The van der Waals surface area contributed by atoms with E-state index in [0.717, 1.165) is 11.3 Å². The van der Waals surface area contributed by atoms with Gasteiger partial charge < -0.3 is 5.32 Å². The summed E-state index contributed by atoms with van der Waals surface area (Å²) in [7, 11) is 0. The van der Waals surface area contributed by atoms with E-state index in [0.29, 0.717) is 0 Å². The highest BCUT2D eigenvalue weighted by atomic mass is 15.0. The molecule has 0 aromatic heterocycles. The molecule has 0 radical (unpaired) electrons. The molecule has 0 spiro atoms. The van der Waals surface area contributed by atoms with E-state index in [9.17, 15) is 0 Å². The third kappa shape index (κ3) is 2.79. The van der Waals surface area contributed by atoms with E-state index in [2.05, 4.69) is 18.3 Å². The van der Waals surface area contributed by atoms with Gasteiger partial charge in [0, 0.05) is 11.2 Å². The average molecular weight is 228 g/mol. The van der Waals surface area contributed by atoms with Crippen LogP contribution in [0.25, 0.3) is 0 Å². The van der Waals surface area contributed by atoms with Gasteiger partial charge in [0.05, 0.1) is 11.6 Å². The van der Waals surface area contributed by atoms with E-state index in [-0.39, 0.29) is 5.54 Å². The normalized spacial score (nSPS) is 18.4. The molecule has 0 saturated heterocycles. The summed E-state index contributed by atoms with van der Waals surface area (Å²) in [6, 6.07) is 9.96. The number of rotatable bonds is 3. The molecule has 1 aromatic carbocycles. The molecule has 2 nitrogen and oxygen atoms in total. The van der Waals surface area contributed by atoms with Gasteiger partial charge in [-0.15, -0.1) is 0 Å². The Morgan fingerprint density at radius 3 is 2.35 bits per heavy atom. The molecule has 0 unspecified atom stereocenters. The van der Waals surface area contributed by atoms with E-state index < -0.39 is 0 Å². The second kappa shape index (κ2) is 5.23. The average Bonchev–Trinajstić information content (AvgIpc) is 2.41. The predicted octanol–water partition coefficient (Wildman–Crippen LogP) is 4.08. The van der Waals surface area contributed by atoms with E-state index >= 15 is 0 Å². The minimum Gasteiger partial charge on any atom is -0.380 e. The van der Waals surface area contributed by atoms with Crippen LogP contribution in [-0.4, -0.2) is 5.54 Å². The van der Waals surface area contributed by atoms with Gasteiger partial charge in [-0.05, 0) is 43.5 Å². The van der Waals surface area contributed by atoms with Crippen LogP contribution in [0.2, 0.25) is 0 Å². The monoisotopic (exact) mass is 228 g/mol. The largest absolute Gasteiger partial charge is 0.380 e. The van der Waals surface area contributed by atoms with Gasteiger partial charge in [-0.1, -0.05) is 26.2 Å². The van der Waals surface area contributed by atoms with Crippen molar-refractivity contribution in [1.82, 2.24) is 0 Å². The highest BCUT2D eigenvalue weighted by Crippen LogP contribution is 2.34. The Balaban J connectivity index is 2.09. The second-order valence-corrected chi connectivity index (χ2v) is 5.01. The predicted molar refractivity (Wildman–Crippen MR) is 70.9 cm³/mol. The minimum atomic E-state index is 0.284. The summed E-state index contributed by atoms with van der Waals surface area (Å²) < 4.78 is 0. The molecule has 1 fully saturated rings. The fourth-order valence-electron chi connectivity index (χ4n) is 2.73. The quantitative estimate of drug-likeness (QED) is 0.846. The number of hydrogen-bond donors (Lipinski definition) is 1. The standard InChI is InChI=1S/C15H20N2/c1-2-15(10-4-3-5-11-15)17-14-8-6-13(12-16)7-9-14/h6-9,17H,2-5,10-11H2,1H3. The molecule has 0 aliphatic heterocycles. The maximum absolute atomic E-state index is 8.78. The molecule has 1 N–H and O–H groups in total. The molecule has 90 valence electrons. The molecule has 2 rings (SSSR count). The Hall–Kier alpha value is -1.49. The van der Waals surface area contributed by atoms with Crippen LogP contribution in [0.3, 0.4) is 0 Å². The van der Waals surface area contributed by atoms with E-state index in [1.54, 1.807) is 0 Å². The summed E-state index contributed by atoms with van der Waals surface area (Å²) in [6.45, 7) is 2.27. The van der Waals surface area contributed by atoms with Crippen molar-refractivity contribution >= 4 is 5.69 Å². The minimum absolute atomic E-state index is 0.284. The van der Waals surface area contributed by atoms with Crippen molar-refractivity contribution in [3.05, 3.63) is 29.8 Å². The fraction of sp³-hybridized carbons (Fsp3) is 0.533. The Bertz CT molecular complexity index is 394. The Morgan fingerprint density at radius 1 is 1.18 bits per heavy atom. The first-order chi connectivity index (χ1) is 8.28. The number of nitriles is 1. The van der Waals surface area contributed by atoms with E-state index in [4.69, 9.17) is 5.26 Å². The molecule has 0 bridgehead atoms. The van der Waals surface area contributed by atoms with Gasteiger partial charge in [0.25, 0.3) is 0 Å². The molecule has 1 aliphatic carbocycles. The van der Waals surface area contributed by atoms with Crippen LogP contribution in [0.4, 0.5) is 5.69 Å². The van der Waals surface area contributed by atoms with Crippen molar-refractivity contribution in [2.75, 3.05) is 5.32 Å². The highest BCUT2D eigenvalue weighted by molar-refractivity contribution is 5.49. The van der Waals surface area contributed by atoms with Gasteiger partial charge in [0.2, 0.25) is 0 Å². The Kier molecular flexibility index (Phi) is 3.68. The zero-order valence-corrected chi connectivity index (χ0v) is 10.5. The summed E-state index contributed by atoms with van der Waals surface area (Å²) in [4.78, 5) is 0. The van der Waals surface area contributed by atoms with E-state index in [1.165, 1.54) is 38.5 Å². The fourth-order valence-corrected chi connectivity index (χ4v) is 2.73. The van der Waals surface area contributed by atoms with Gasteiger partial charge in [0.1, 0.15) is 0 Å². The first-order valence-corrected chi connectivity index (χ1v) is 6.56. The van der Waals surface area contributed by atoms with Crippen molar-refractivity contribution in [2.24, 2.45) is 0 Å². The molecule has 0 amide bonds. The lowest BCUT2D eigenvalue weighted by Crippen LogP contribution is -2.39. The number of benzene rings is 1. The molecule has 17 heavy (non-hydrogen) atoms. The third-order valence-corrected chi connectivity index (χ3v) is 3.91. The molecular formula is C15H20N2. The Morgan fingerprint density at radius 2 is 1.82 bits per heavy atom. The molecule has 0 atom stereocenters. The Labute approximate surface area is 104 Å². The zero-order chi connectivity index (χ0) is 12.1. The van der Waals surface area contributed by atoms with Crippen LogP contribution in [0.1, 0.15) is 51.0 Å². The van der Waals surface area contributed by atoms with Crippen molar-refractivity contribution in [3.63, 3.8) is 0 Å². The number of nitrogens with zero attached hydrogens (tertiary/aromatic N) is 1. The number of anilines is 1. The molecule has 2 heteroatoms. The van der Waals surface area contributed by atoms with Crippen molar-refractivity contribution in [2.45, 2.75) is 51.0 Å². The summed E-state index contributed by atoms with van der Waals surface area (Å²) in [5, 5.41) is 12.5. The van der Waals surface area contributed by atoms with Crippen LogP contribution in [0.15, 0.2) is 24.3 Å². The number of nitrogens with one attached hydrogen (secondary N) is 1. The van der Waals surface area contributed by atoms with Gasteiger partial charge in [-0.2, -0.15) is 5.26 Å². The SMILES string of the molecule is CCC1(Nc2ccc(C#N)cc2)CCCCC1. The topological polar surface area (TPSA) is 35.8 Å². The van der Waals surface area contributed by atoms with Gasteiger partial charge in [0.15, 0.2) is 0 Å².